The highest BCUT2D eigenvalue weighted by Gasteiger charge is 2.19. The van der Waals surface area contributed by atoms with Gasteiger partial charge in [-0.05, 0) is 37.3 Å². The fraction of sp³-hybridized carbons (Fsp3) is 0.105. The van der Waals surface area contributed by atoms with Gasteiger partial charge in [-0.1, -0.05) is 35.3 Å². The quantitative estimate of drug-likeness (QED) is 0.303. The average Bonchev–Trinajstić information content (AvgIpc) is 3.10. The minimum absolute atomic E-state index is 0.126. The molecule has 0 amide bonds. The summed E-state index contributed by atoms with van der Waals surface area (Å²) in [5.74, 6) is 0.215. The highest BCUT2D eigenvalue weighted by Crippen LogP contribution is 2.34. The number of furan rings is 1. The maximum atomic E-state index is 12.3. The van der Waals surface area contributed by atoms with Gasteiger partial charge in [-0.15, -0.1) is 0 Å². The van der Waals surface area contributed by atoms with Crippen molar-refractivity contribution in [3.63, 3.8) is 0 Å². The van der Waals surface area contributed by atoms with Crippen LogP contribution in [0.3, 0.4) is 0 Å². The number of carbonyl (C=O) groups excluding carboxylic acids is 1. The number of benzene rings is 2. The second kappa shape index (κ2) is 7.82. The molecule has 1 heterocycles. The molecule has 0 unspecified atom stereocenters. The summed E-state index contributed by atoms with van der Waals surface area (Å²) in [5.41, 5.74) is 0.865. The lowest BCUT2D eigenvalue weighted by Crippen LogP contribution is -2.08. The van der Waals surface area contributed by atoms with Crippen LogP contribution >= 0.6 is 23.2 Å². The van der Waals surface area contributed by atoms with Crippen LogP contribution in [0.15, 0.2) is 52.9 Å². The molecule has 0 N–H and O–H groups in total. The van der Waals surface area contributed by atoms with Gasteiger partial charge in [0.15, 0.2) is 0 Å². The molecule has 0 fully saturated rings. The molecule has 6 nitrogen and oxygen atoms in total. The zero-order valence-electron chi connectivity index (χ0n) is 14.1. The van der Waals surface area contributed by atoms with E-state index in [-0.39, 0.29) is 23.4 Å². The van der Waals surface area contributed by atoms with Crippen LogP contribution in [-0.4, -0.2) is 10.9 Å². The van der Waals surface area contributed by atoms with Crippen LogP contribution in [0.2, 0.25) is 10.0 Å². The predicted octanol–water partition coefficient (Wildman–Crippen LogP) is 5.83. The largest absolute Gasteiger partial charge is 0.457 e. The van der Waals surface area contributed by atoms with Crippen LogP contribution in [0, 0.1) is 17.0 Å². The lowest BCUT2D eigenvalue weighted by atomic mass is 10.1. The van der Waals surface area contributed by atoms with Crippen LogP contribution < -0.4 is 0 Å². The van der Waals surface area contributed by atoms with E-state index in [1.165, 1.54) is 25.1 Å². The topological polar surface area (TPSA) is 82.6 Å². The van der Waals surface area contributed by atoms with E-state index in [0.717, 1.165) is 0 Å². The van der Waals surface area contributed by atoms with Gasteiger partial charge in [0.05, 0.1) is 20.5 Å². The van der Waals surface area contributed by atoms with E-state index in [1.807, 2.05) is 0 Å². The molecule has 0 spiro atoms. The zero-order valence-corrected chi connectivity index (χ0v) is 15.6. The van der Waals surface area contributed by atoms with Crippen LogP contribution in [0.5, 0.6) is 0 Å². The fourth-order valence-electron chi connectivity index (χ4n) is 2.55. The van der Waals surface area contributed by atoms with Crippen LogP contribution in [0.25, 0.3) is 11.3 Å². The SMILES string of the molecule is Cc1c(C(=O)OCc2ccc(-c3cccc(Cl)c3Cl)o2)cccc1[N+](=O)[O-]. The first-order valence-corrected chi connectivity index (χ1v) is 8.58. The van der Waals surface area contributed by atoms with E-state index in [9.17, 15) is 14.9 Å². The second-order valence-electron chi connectivity index (χ2n) is 5.65. The summed E-state index contributed by atoms with van der Waals surface area (Å²) in [6.07, 6.45) is 0. The summed E-state index contributed by atoms with van der Waals surface area (Å²) in [6.45, 7) is 1.38. The highest BCUT2D eigenvalue weighted by atomic mass is 35.5. The molecule has 27 heavy (non-hydrogen) atoms. The van der Waals surface area contributed by atoms with Crippen molar-refractivity contribution in [1.82, 2.24) is 0 Å². The average molecular weight is 406 g/mol. The Hall–Kier alpha value is -2.83. The molecule has 0 saturated heterocycles. The van der Waals surface area contributed by atoms with Crippen molar-refractivity contribution in [3.8, 4) is 11.3 Å². The minimum Gasteiger partial charge on any atom is -0.457 e. The number of esters is 1. The summed E-state index contributed by atoms with van der Waals surface area (Å²) in [6, 6.07) is 12.8. The van der Waals surface area contributed by atoms with Crippen molar-refractivity contribution < 1.29 is 18.9 Å². The van der Waals surface area contributed by atoms with Gasteiger partial charge in [-0.2, -0.15) is 0 Å². The number of nitro groups is 1. The molecule has 1 aromatic heterocycles. The molecule has 3 rings (SSSR count). The van der Waals surface area contributed by atoms with E-state index in [4.69, 9.17) is 32.4 Å². The third-order valence-electron chi connectivity index (χ3n) is 3.95. The van der Waals surface area contributed by atoms with Crippen molar-refractivity contribution in [2.24, 2.45) is 0 Å². The normalized spacial score (nSPS) is 10.6. The molecule has 0 aliphatic heterocycles. The maximum Gasteiger partial charge on any atom is 0.339 e. The molecule has 0 radical (unpaired) electrons. The Balaban J connectivity index is 1.74. The van der Waals surface area contributed by atoms with Crippen molar-refractivity contribution in [3.05, 3.63) is 85.6 Å². The summed E-state index contributed by atoms with van der Waals surface area (Å²) in [5, 5.41) is 11.8. The van der Waals surface area contributed by atoms with E-state index >= 15 is 0 Å². The first-order valence-electron chi connectivity index (χ1n) is 7.82. The predicted molar refractivity (Wildman–Crippen MR) is 101 cm³/mol. The third kappa shape index (κ3) is 3.97. The molecule has 138 valence electrons. The smallest absolute Gasteiger partial charge is 0.339 e. The Bertz CT molecular complexity index is 1030. The van der Waals surface area contributed by atoms with Crippen molar-refractivity contribution in [1.29, 1.82) is 0 Å². The van der Waals surface area contributed by atoms with Crippen LogP contribution in [-0.2, 0) is 11.3 Å². The third-order valence-corrected chi connectivity index (χ3v) is 4.76. The molecule has 8 heteroatoms. The van der Waals surface area contributed by atoms with Gasteiger partial charge >= 0.3 is 5.97 Å². The number of hydrogen-bond acceptors (Lipinski definition) is 5. The number of rotatable bonds is 5. The number of nitro benzene ring substituents is 1. The number of ether oxygens (including phenoxy) is 1. The van der Waals surface area contributed by atoms with Gasteiger partial charge in [0.2, 0.25) is 0 Å². The monoisotopic (exact) mass is 405 g/mol. The van der Waals surface area contributed by atoms with Crippen LogP contribution in [0.4, 0.5) is 5.69 Å². The van der Waals surface area contributed by atoms with Crippen molar-refractivity contribution in [2.75, 3.05) is 0 Å². The Labute approximate surface area is 164 Å². The molecule has 0 atom stereocenters. The lowest BCUT2D eigenvalue weighted by Gasteiger charge is -2.06. The summed E-state index contributed by atoms with van der Waals surface area (Å²) >= 11 is 12.2. The standard InChI is InChI=1S/C19H13Cl2NO5/c1-11-13(4-3-7-16(11)22(24)25)19(23)26-10-12-8-9-17(27-12)14-5-2-6-15(20)18(14)21/h2-9H,10H2,1H3. The molecular formula is C19H13Cl2NO5. The van der Waals surface area contributed by atoms with E-state index in [2.05, 4.69) is 0 Å². The van der Waals surface area contributed by atoms with Gasteiger partial charge in [-0.3, -0.25) is 10.1 Å². The Morgan fingerprint density at radius 2 is 1.89 bits per heavy atom. The van der Waals surface area contributed by atoms with E-state index in [1.54, 1.807) is 30.3 Å². The van der Waals surface area contributed by atoms with Crippen molar-refractivity contribution in [2.45, 2.75) is 13.5 Å². The van der Waals surface area contributed by atoms with Crippen molar-refractivity contribution >= 4 is 34.9 Å². The number of nitrogens with zero attached hydrogens (tertiary/aromatic N) is 1. The second-order valence-corrected chi connectivity index (χ2v) is 6.44. The molecule has 0 saturated carbocycles. The lowest BCUT2D eigenvalue weighted by molar-refractivity contribution is -0.385. The van der Waals surface area contributed by atoms with E-state index in [0.29, 0.717) is 27.1 Å². The number of carbonyl (C=O) groups is 1. The minimum atomic E-state index is -0.671. The van der Waals surface area contributed by atoms with Gasteiger partial charge in [0.25, 0.3) is 5.69 Å². The summed E-state index contributed by atoms with van der Waals surface area (Å²) in [7, 11) is 0. The molecule has 3 aromatic rings. The fourth-order valence-corrected chi connectivity index (χ4v) is 2.94. The number of hydrogen-bond donors (Lipinski definition) is 0. The molecule has 0 aliphatic carbocycles. The summed E-state index contributed by atoms with van der Waals surface area (Å²) in [4.78, 5) is 22.7. The summed E-state index contributed by atoms with van der Waals surface area (Å²) < 4.78 is 10.9. The van der Waals surface area contributed by atoms with Gasteiger partial charge < -0.3 is 9.15 Å². The van der Waals surface area contributed by atoms with Gasteiger partial charge in [0.1, 0.15) is 18.1 Å². The maximum absolute atomic E-state index is 12.3. The molecular weight excluding hydrogens is 393 g/mol. The molecule has 0 aliphatic rings. The van der Waals surface area contributed by atoms with Gasteiger partial charge in [0, 0.05) is 17.2 Å². The van der Waals surface area contributed by atoms with Crippen LogP contribution in [0.1, 0.15) is 21.7 Å². The molecule has 2 aromatic carbocycles. The Morgan fingerprint density at radius 3 is 2.63 bits per heavy atom. The molecule has 0 bridgehead atoms. The van der Waals surface area contributed by atoms with E-state index < -0.39 is 10.9 Å². The first-order chi connectivity index (χ1) is 12.9. The first kappa shape index (κ1) is 18.9. The Kier molecular flexibility index (Phi) is 5.48. The Morgan fingerprint density at radius 1 is 1.15 bits per heavy atom. The zero-order chi connectivity index (χ0) is 19.6. The highest BCUT2D eigenvalue weighted by molar-refractivity contribution is 6.43. The number of halogens is 2. The van der Waals surface area contributed by atoms with Gasteiger partial charge in [-0.25, -0.2) is 4.79 Å².